The van der Waals surface area contributed by atoms with E-state index in [1.807, 2.05) is 0 Å². The maximum Gasteiger partial charge on any atom is 0.263 e. The van der Waals surface area contributed by atoms with Gasteiger partial charge < -0.3 is 19.7 Å². The lowest BCUT2D eigenvalue weighted by Crippen LogP contribution is -2.29. The molecule has 3 rings (SSSR count). The average Bonchev–Trinajstić information content (AvgIpc) is 2.69. The van der Waals surface area contributed by atoms with Crippen molar-refractivity contribution in [1.29, 1.82) is 0 Å². The number of ether oxygens (including phenoxy) is 2. The summed E-state index contributed by atoms with van der Waals surface area (Å²) in [5, 5.41) is 2.65. The topological polar surface area (TPSA) is 50.8 Å². The molecule has 1 fully saturated rings. The molecule has 26 heavy (non-hydrogen) atoms. The Morgan fingerprint density at radius 1 is 1.04 bits per heavy atom. The summed E-state index contributed by atoms with van der Waals surface area (Å²) in [6.45, 7) is 1.89. The van der Waals surface area contributed by atoms with Gasteiger partial charge in [0.05, 0.1) is 19.9 Å². The van der Waals surface area contributed by atoms with Crippen molar-refractivity contribution in [3.63, 3.8) is 0 Å². The first-order chi connectivity index (χ1) is 12.6. The second kappa shape index (κ2) is 8.08. The quantitative estimate of drug-likeness (QED) is 0.875. The van der Waals surface area contributed by atoms with Gasteiger partial charge in [-0.3, -0.25) is 4.79 Å². The number of benzene rings is 2. The molecule has 1 amide bonds. The van der Waals surface area contributed by atoms with Crippen LogP contribution in [0.5, 0.6) is 11.5 Å². The molecule has 0 radical (unpaired) electrons. The summed E-state index contributed by atoms with van der Waals surface area (Å²) >= 11 is 0. The van der Waals surface area contributed by atoms with Crippen LogP contribution in [0.1, 0.15) is 29.6 Å². The van der Waals surface area contributed by atoms with Gasteiger partial charge in [0, 0.05) is 18.8 Å². The number of halogens is 1. The van der Waals surface area contributed by atoms with Crippen molar-refractivity contribution >= 4 is 17.3 Å². The highest BCUT2D eigenvalue weighted by molar-refractivity contribution is 6.08. The first-order valence-electron chi connectivity index (χ1n) is 8.71. The van der Waals surface area contributed by atoms with Crippen molar-refractivity contribution in [2.45, 2.75) is 19.3 Å². The van der Waals surface area contributed by atoms with E-state index in [9.17, 15) is 9.18 Å². The lowest BCUT2D eigenvalue weighted by Gasteiger charge is -2.29. The van der Waals surface area contributed by atoms with Crippen molar-refractivity contribution < 1.29 is 18.7 Å². The highest BCUT2D eigenvalue weighted by Crippen LogP contribution is 2.31. The fraction of sp³-hybridized carbons (Fsp3) is 0.350. The van der Waals surface area contributed by atoms with Gasteiger partial charge in [-0.2, -0.15) is 0 Å². The number of hydrogen-bond acceptors (Lipinski definition) is 4. The predicted molar refractivity (Wildman–Crippen MR) is 100.0 cm³/mol. The molecule has 2 aromatic carbocycles. The maximum absolute atomic E-state index is 14.3. The molecule has 1 heterocycles. The first kappa shape index (κ1) is 18.0. The summed E-state index contributed by atoms with van der Waals surface area (Å²) in [7, 11) is 2.95. The zero-order valence-electron chi connectivity index (χ0n) is 15.0. The normalized spacial score (nSPS) is 14.0. The van der Waals surface area contributed by atoms with Crippen LogP contribution in [0, 0.1) is 5.82 Å². The SMILES string of the molecule is COc1cccc(OC)c1C(=O)Nc1cc(N2CCCCC2)ccc1F. The number of nitrogens with one attached hydrogen (secondary N) is 1. The number of anilines is 2. The third-order valence-corrected chi connectivity index (χ3v) is 4.57. The minimum absolute atomic E-state index is 0.144. The predicted octanol–water partition coefficient (Wildman–Crippen LogP) is 4.09. The minimum Gasteiger partial charge on any atom is -0.496 e. The van der Waals surface area contributed by atoms with E-state index in [4.69, 9.17) is 9.47 Å². The van der Waals surface area contributed by atoms with Crippen LogP contribution in [0.15, 0.2) is 36.4 Å². The molecule has 1 aliphatic heterocycles. The van der Waals surface area contributed by atoms with Gasteiger partial charge in [-0.1, -0.05) is 6.07 Å². The van der Waals surface area contributed by atoms with E-state index < -0.39 is 11.7 Å². The maximum atomic E-state index is 14.3. The summed E-state index contributed by atoms with van der Waals surface area (Å²) < 4.78 is 24.8. The monoisotopic (exact) mass is 358 g/mol. The van der Waals surface area contributed by atoms with Crippen LogP contribution in [0.4, 0.5) is 15.8 Å². The molecule has 1 saturated heterocycles. The number of nitrogens with zero attached hydrogens (tertiary/aromatic N) is 1. The molecular weight excluding hydrogens is 335 g/mol. The van der Waals surface area contributed by atoms with Gasteiger partial charge in [-0.05, 0) is 49.6 Å². The van der Waals surface area contributed by atoms with E-state index in [2.05, 4.69) is 10.2 Å². The molecule has 1 aliphatic rings. The van der Waals surface area contributed by atoms with Gasteiger partial charge in [-0.15, -0.1) is 0 Å². The summed E-state index contributed by atoms with van der Waals surface area (Å²) in [6.07, 6.45) is 3.46. The Morgan fingerprint density at radius 3 is 2.31 bits per heavy atom. The van der Waals surface area contributed by atoms with E-state index in [1.165, 1.54) is 26.7 Å². The molecule has 2 aromatic rings. The highest BCUT2D eigenvalue weighted by Gasteiger charge is 2.20. The average molecular weight is 358 g/mol. The van der Waals surface area contributed by atoms with Gasteiger partial charge in [0.2, 0.25) is 0 Å². The summed E-state index contributed by atoms with van der Waals surface area (Å²) in [6, 6.07) is 9.88. The Kier molecular flexibility index (Phi) is 5.61. The summed E-state index contributed by atoms with van der Waals surface area (Å²) in [4.78, 5) is 15.0. The van der Waals surface area contributed by atoms with E-state index in [0.29, 0.717) is 11.5 Å². The van der Waals surface area contributed by atoms with Crippen LogP contribution in [0.3, 0.4) is 0 Å². The standard InChI is InChI=1S/C20H23FN2O3/c1-25-17-7-6-8-18(26-2)19(17)20(24)22-16-13-14(9-10-15(16)21)23-11-4-3-5-12-23/h6-10,13H,3-5,11-12H2,1-2H3,(H,22,24). The first-order valence-corrected chi connectivity index (χ1v) is 8.71. The van der Waals surface area contributed by atoms with Crippen LogP contribution in [-0.4, -0.2) is 33.2 Å². The Hall–Kier alpha value is -2.76. The van der Waals surface area contributed by atoms with Crippen LogP contribution in [0.25, 0.3) is 0 Å². The van der Waals surface area contributed by atoms with E-state index in [-0.39, 0.29) is 11.3 Å². The third-order valence-electron chi connectivity index (χ3n) is 4.57. The van der Waals surface area contributed by atoms with Crippen LogP contribution in [0.2, 0.25) is 0 Å². The number of carbonyl (C=O) groups is 1. The fourth-order valence-corrected chi connectivity index (χ4v) is 3.22. The second-order valence-electron chi connectivity index (χ2n) is 6.20. The van der Waals surface area contributed by atoms with Crippen LogP contribution in [-0.2, 0) is 0 Å². The van der Waals surface area contributed by atoms with E-state index in [0.717, 1.165) is 31.6 Å². The Balaban J connectivity index is 1.88. The minimum atomic E-state index is -0.479. The molecule has 138 valence electrons. The molecule has 1 N–H and O–H groups in total. The largest absolute Gasteiger partial charge is 0.496 e. The van der Waals surface area contributed by atoms with Crippen LogP contribution < -0.4 is 19.7 Å². The van der Waals surface area contributed by atoms with Crippen LogP contribution >= 0.6 is 0 Å². The summed E-state index contributed by atoms with van der Waals surface area (Å²) in [5.41, 5.74) is 1.29. The molecule has 0 aliphatic carbocycles. The highest BCUT2D eigenvalue weighted by atomic mass is 19.1. The Bertz CT molecular complexity index is 766. The van der Waals surface area contributed by atoms with E-state index in [1.54, 1.807) is 30.3 Å². The Morgan fingerprint density at radius 2 is 1.69 bits per heavy atom. The number of rotatable bonds is 5. The number of carbonyl (C=O) groups excluding carboxylic acids is 1. The molecular formula is C20H23FN2O3. The van der Waals surface area contributed by atoms with Gasteiger partial charge in [-0.25, -0.2) is 4.39 Å². The van der Waals surface area contributed by atoms with Gasteiger partial charge in [0.1, 0.15) is 22.9 Å². The second-order valence-corrected chi connectivity index (χ2v) is 6.20. The van der Waals surface area contributed by atoms with E-state index >= 15 is 0 Å². The van der Waals surface area contributed by atoms with Crippen molar-refractivity contribution in [1.82, 2.24) is 0 Å². The zero-order chi connectivity index (χ0) is 18.5. The molecule has 0 bridgehead atoms. The number of hydrogen-bond donors (Lipinski definition) is 1. The molecule has 6 heteroatoms. The van der Waals surface area contributed by atoms with Gasteiger partial charge >= 0.3 is 0 Å². The zero-order valence-corrected chi connectivity index (χ0v) is 15.0. The van der Waals surface area contributed by atoms with Gasteiger partial charge in [0.25, 0.3) is 5.91 Å². The van der Waals surface area contributed by atoms with Crippen molar-refractivity contribution in [3.05, 3.63) is 47.8 Å². The van der Waals surface area contributed by atoms with Crippen molar-refractivity contribution in [2.75, 3.05) is 37.5 Å². The van der Waals surface area contributed by atoms with Crippen molar-refractivity contribution in [3.8, 4) is 11.5 Å². The molecule has 0 saturated carbocycles. The lowest BCUT2D eigenvalue weighted by molar-refractivity contribution is 0.102. The number of piperidine rings is 1. The molecule has 0 unspecified atom stereocenters. The molecule has 0 atom stereocenters. The molecule has 5 nitrogen and oxygen atoms in total. The molecule has 0 aromatic heterocycles. The van der Waals surface area contributed by atoms with Gasteiger partial charge in [0.15, 0.2) is 0 Å². The number of amides is 1. The molecule has 0 spiro atoms. The fourth-order valence-electron chi connectivity index (χ4n) is 3.22. The lowest BCUT2D eigenvalue weighted by atomic mass is 10.1. The Labute approximate surface area is 152 Å². The smallest absolute Gasteiger partial charge is 0.263 e. The third kappa shape index (κ3) is 3.74. The van der Waals surface area contributed by atoms with Crippen molar-refractivity contribution in [2.24, 2.45) is 0 Å². The summed E-state index contributed by atoms with van der Waals surface area (Å²) in [5.74, 6) is -0.217. The number of methoxy groups -OCH3 is 2.